The summed E-state index contributed by atoms with van der Waals surface area (Å²) >= 11 is 0. The van der Waals surface area contributed by atoms with Crippen LogP contribution in [0, 0.1) is 0 Å². The third kappa shape index (κ3) is 5.33. The van der Waals surface area contributed by atoms with Crippen LogP contribution < -0.4 is 23.8 Å². The summed E-state index contributed by atoms with van der Waals surface area (Å²) in [5.41, 5.74) is 1.61. The quantitative estimate of drug-likeness (QED) is 0.495. The molecule has 1 heterocycles. The standard InChI is InChI=1S/C26H29N3O6S/c1-33-21-10-11-22(24(18-21)35-3)27-36(31,32)25-17-19(9-12-23(25)34-2)26(30)29-15-13-28(14-16-29)20-7-5-4-6-8-20/h4-12,17-18,27H,13-16H2,1-3H3. The van der Waals surface area contributed by atoms with Crippen molar-refractivity contribution < 1.29 is 27.4 Å². The zero-order valence-corrected chi connectivity index (χ0v) is 21.2. The largest absolute Gasteiger partial charge is 0.497 e. The van der Waals surface area contributed by atoms with E-state index in [4.69, 9.17) is 14.2 Å². The summed E-state index contributed by atoms with van der Waals surface area (Å²) in [5, 5.41) is 0. The van der Waals surface area contributed by atoms with Crippen LogP contribution in [0.4, 0.5) is 11.4 Å². The minimum absolute atomic E-state index is 0.125. The highest BCUT2D eigenvalue weighted by molar-refractivity contribution is 7.92. The summed E-state index contributed by atoms with van der Waals surface area (Å²) in [6.07, 6.45) is 0. The van der Waals surface area contributed by atoms with Gasteiger partial charge < -0.3 is 24.0 Å². The molecule has 1 saturated heterocycles. The normalized spacial score (nSPS) is 13.8. The number of carbonyl (C=O) groups is 1. The average Bonchev–Trinajstić information content (AvgIpc) is 2.93. The van der Waals surface area contributed by atoms with Gasteiger partial charge in [-0.05, 0) is 42.5 Å². The Hall–Kier alpha value is -3.92. The molecule has 190 valence electrons. The van der Waals surface area contributed by atoms with E-state index in [1.54, 1.807) is 29.2 Å². The summed E-state index contributed by atoms with van der Waals surface area (Å²) in [6.45, 7) is 2.44. The van der Waals surface area contributed by atoms with Crippen LogP contribution >= 0.6 is 0 Å². The first kappa shape index (κ1) is 25.2. The molecule has 4 rings (SSSR count). The Bertz CT molecular complexity index is 1320. The van der Waals surface area contributed by atoms with Crippen LogP contribution in [0.1, 0.15) is 10.4 Å². The predicted molar refractivity (Wildman–Crippen MR) is 138 cm³/mol. The number of hydrogen-bond donors (Lipinski definition) is 1. The van der Waals surface area contributed by atoms with Gasteiger partial charge in [0.1, 0.15) is 22.1 Å². The van der Waals surface area contributed by atoms with Crippen LogP contribution in [-0.4, -0.2) is 66.7 Å². The van der Waals surface area contributed by atoms with Crippen molar-refractivity contribution in [3.05, 3.63) is 72.3 Å². The molecule has 1 aliphatic rings. The molecular formula is C26H29N3O6S. The predicted octanol–water partition coefficient (Wildman–Crippen LogP) is 3.48. The number of hydrogen-bond acceptors (Lipinski definition) is 7. The van der Waals surface area contributed by atoms with Crippen molar-refractivity contribution in [3.8, 4) is 17.2 Å². The molecule has 0 saturated carbocycles. The third-order valence-electron chi connectivity index (χ3n) is 6.04. The molecule has 0 spiro atoms. The number of carbonyl (C=O) groups excluding carboxylic acids is 1. The molecule has 0 radical (unpaired) electrons. The molecule has 0 aromatic heterocycles. The van der Waals surface area contributed by atoms with E-state index in [2.05, 4.69) is 9.62 Å². The zero-order valence-electron chi connectivity index (χ0n) is 20.4. The van der Waals surface area contributed by atoms with Gasteiger partial charge in [-0.1, -0.05) is 18.2 Å². The molecule has 0 aliphatic carbocycles. The highest BCUT2D eigenvalue weighted by Gasteiger charge is 2.27. The van der Waals surface area contributed by atoms with Crippen LogP contribution in [0.5, 0.6) is 17.2 Å². The lowest BCUT2D eigenvalue weighted by molar-refractivity contribution is 0.0746. The van der Waals surface area contributed by atoms with Crippen molar-refractivity contribution in [1.29, 1.82) is 0 Å². The molecule has 1 N–H and O–H groups in total. The number of rotatable bonds is 8. The lowest BCUT2D eigenvalue weighted by Gasteiger charge is -2.36. The fraction of sp³-hybridized carbons (Fsp3) is 0.269. The van der Waals surface area contributed by atoms with Gasteiger partial charge in [-0.2, -0.15) is 0 Å². The number of amides is 1. The second-order valence-electron chi connectivity index (χ2n) is 8.15. The SMILES string of the molecule is COc1ccc(NS(=O)(=O)c2cc(C(=O)N3CCN(c4ccccc4)CC3)ccc2OC)c(OC)c1. The number of ether oxygens (including phenoxy) is 3. The Morgan fingerprint density at radius 2 is 1.50 bits per heavy atom. The Morgan fingerprint density at radius 3 is 2.14 bits per heavy atom. The van der Waals surface area contributed by atoms with Crippen LogP contribution in [-0.2, 0) is 10.0 Å². The zero-order chi connectivity index (χ0) is 25.7. The smallest absolute Gasteiger partial charge is 0.265 e. The van der Waals surface area contributed by atoms with Gasteiger partial charge >= 0.3 is 0 Å². The van der Waals surface area contributed by atoms with E-state index in [0.29, 0.717) is 37.7 Å². The first-order valence-electron chi connectivity index (χ1n) is 11.4. The number of nitrogens with zero attached hydrogens (tertiary/aromatic N) is 2. The van der Waals surface area contributed by atoms with Crippen LogP contribution in [0.2, 0.25) is 0 Å². The molecule has 3 aromatic carbocycles. The van der Waals surface area contributed by atoms with Crippen molar-refractivity contribution in [2.75, 3.05) is 57.1 Å². The van der Waals surface area contributed by atoms with Gasteiger partial charge in [-0.25, -0.2) is 8.42 Å². The third-order valence-corrected chi connectivity index (χ3v) is 7.43. The van der Waals surface area contributed by atoms with E-state index in [1.165, 1.54) is 33.5 Å². The molecule has 9 nitrogen and oxygen atoms in total. The molecule has 1 fully saturated rings. The maximum Gasteiger partial charge on any atom is 0.265 e. The molecule has 1 aliphatic heterocycles. The van der Waals surface area contributed by atoms with Crippen LogP contribution in [0.25, 0.3) is 0 Å². The lowest BCUT2D eigenvalue weighted by Crippen LogP contribution is -2.48. The highest BCUT2D eigenvalue weighted by Crippen LogP contribution is 2.33. The van der Waals surface area contributed by atoms with Gasteiger partial charge in [-0.15, -0.1) is 0 Å². The molecule has 10 heteroatoms. The summed E-state index contributed by atoms with van der Waals surface area (Å²) < 4.78 is 45.0. The van der Waals surface area contributed by atoms with E-state index >= 15 is 0 Å². The maximum absolute atomic E-state index is 13.3. The number of piperazine rings is 1. The van der Waals surface area contributed by atoms with Gasteiger partial charge in [0.15, 0.2) is 0 Å². The van der Waals surface area contributed by atoms with Gasteiger partial charge in [0.05, 0.1) is 27.0 Å². The number of para-hydroxylation sites is 1. The summed E-state index contributed by atoms with van der Waals surface area (Å²) in [4.78, 5) is 17.1. The fourth-order valence-electron chi connectivity index (χ4n) is 4.09. The first-order valence-corrected chi connectivity index (χ1v) is 12.9. The fourth-order valence-corrected chi connectivity index (χ4v) is 5.36. The Labute approximate surface area is 211 Å². The topological polar surface area (TPSA) is 97.4 Å². The Balaban J connectivity index is 1.55. The van der Waals surface area contributed by atoms with E-state index in [0.717, 1.165) is 5.69 Å². The average molecular weight is 512 g/mol. The number of methoxy groups -OCH3 is 3. The second-order valence-corrected chi connectivity index (χ2v) is 9.80. The van der Waals surface area contributed by atoms with Crippen molar-refractivity contribution in [2.24, 2.45) is 0 Å². The Kier molecular flexibility index (Phi) is 7.54. The molecule has 0 unspecified atom stereocenters. The monoisotopic (exact) mass is 511 g/mol. The van der Waals surface area contributed by atoms with Crippen molar-refractivity contribution in [2.45, 2.75) is 4.90 Å². The summed E-state index contributed by atoms with van der Waals surface area (Å²) in [7, 11) is 0.209. The van der Waals surface area contributed by atoms with Crippen molar-refractivity contribution >= 4 is 27.3 Å². The van der Waals surface area contributed by atoms with Crippen molar-refractivity contribution in [1.82, 2.24) is 4.90 Å². The minimum atomic E-state index is -4.11. The van der Waals surface area contributed by atoms with Crippen LogP contribution in [0.3, 0.4) is 0 Å². The number of nitrogens with one attached hydrogen (secondary N) is 1. The van der Waals surface area contributed by atoms with Gasteiger partial charge in [0.2, 0.25) is 0 Å². The first-order chi connectivity index (χ1) is 17.4. The molecule has 36 heavy (non-hydrogen) atoms. The minimum Gasteiger partial charge on any atom is -0.497 e. The van der Waals surface area contributed by atoms with Gasteiger partial charge in [0, 0.05) is 43.5 Å². The van der Waals surface area contributed by atoms with Crippen LogP contribution in [0.15, 0.2) is 71.6 Å². The Morgan fingerprint density at radius 1 is 0.806 bits per heavy atom. The van der Waals surface area contributed by atoms with Crippen molar-refractivity contribution in [3.63, 3.8) is 0 Å². The van der Waals surface area contributed by atoms with E-state index in [9.17, 15) is 13.2 Å². The van der Waals surface area contributed by atoms with Gasteiger partial charge in [-0.3, -0.25) is 9.52 Å². The maximum atomic E-state index is 13.3. The second kappa shape index (κ2) is 10.8. The number of anilines is 2. The molecule has 0 bridgehead atoms. The molecule has 1 amide bonds. The highest BCUT2D eigenvalue weighted by atomic mass is 32.2. The van der Waals surface area contributed by atoms with E-state index < -0.39 is 10.0 Å². The molecule has 0 atom stereocenters. The molecule has 3 aromatic rings. The van der Waals surface area contributed by atoms with Gasteiger partial charge in [0.25, 0.3) is 15.9 Å². The summed E-state index contributed by atoms with van der Waals surface area (Å²) in [6, 6.07) is 19.2. The van der Waals surface area contributed by atoms with E-state index in [1.807, 2.05) is 30.3 Å². The number of sulfonamides is 1. The lowest BCUT2D eigenvalue weighted by atomic mass is 10.1. The molecular weight excluding hydrogens is 482 g/mol. The number of benzene rings is 3. The van der Waals surface area contributed by atoms with E-state index in [-0.39, 0.29) is 27.8 Å². The summed E-state index contributed by atoms with van der Waals surface area (Å²) in [5.74, 6) is 0.706.